The van der Waals surface area contributed by atoms with Gasteiger partial charge in [-0.15, -0.1) is 24.0 Å². The van der Waals surface area contributed by atoms with Crippen molar-refractivity contribution in [2.24, 2.45) is 16.8 Å². The molecule has 2 unspecified atom stereocenters. The Bertz CT molecular complexity index is 503. The molecule has 1 aliphatic heterocycles. The van der Waals surface area contributed by atoms with Gasteiger partial charge < -0.3 is 15.0 Å². The van der Waals surface area contributed by atoms with E-state index in [2.05, 4.69) is 49.1 Å². The zero-order valence-corrected chi connectivity index (χ0v) is 18.3. The lowest BCUT2D eigenvalue weighted by Gasteiger charge is -2.26. The Hall–Kier alpha value is -0.890. The summed E-state index contributed by atoms with van der Waals surface area (Å²) in [6, 6.07) is 4.16. The van der Waals surface area contributed by atoms with Crippen molar-refractivity contribution in [2.75, 3.05) is 39.9 Å². The molecule has 0 bridgehead atoms. The maximum Gasteiger partial charge on any atom is 0.193 e. The van der Waals surface area contributed by atoms with Gasteiger partial charge in [0, 0.05) is 57.5 Å². The molecule has 1 saturated heterocycles. The third kappa shape index (κ3) is 7.09. The third-order valence-corrected chi connectivity index (χ3v) is 4.61. The van der Waals surface area contributed by atoms with Gasteiger partial charge >= 0.3 is 0 Å². The van der Waals surface area contributed by atoms with Crippen LogP contribution in [0.4, 0.5) is 0 Å². The molecule has 0 radical (unpaired) electrons. The number of ether oxygens (including phenoxy) is 1. The topological polar surface area (TPSA) is 49.8 Å². The fourth-order valence-corrected chi connectivity index (χ4v) is 3.15. The second-order valence-electron chi connectivity index (χ2n) is 6.94. The van der Waals surface area contributed by atoms with Gasteiger partial charge in [0.1, 0.15) is 0 Å². The lowest BCUT2D eigenvalue weighted by atomic mass is 9.89. The molecule has 2 rings (SSSR count). The number of aliphatic imine (C=N–C) groups is 1. The summed E-state index contributed by atoms with van der Waals surface area (Å²) in [7, 11) is 2.12. The standard InChI is InChI=1S/C19H32N4O.HI/c1-5-21-19(23(4)13-16-8-10-24-14-16)22-12-18(15(2)3)17-7-6-9-20-11-17;/h6-7,9,11,15-16,18H,5,8,10,12-14H2,1-4H3,(H,21,22);1H. The molecule has 1 aromatic rings. The van der Waals surface area contributed by atoms with E-state index < -0.39 is 0 Å². The van der Waals surface area contributed by atoms with E-state index in [1.165, 1.54) is 5.56 Å². The van der Waals surface area contributed by atoms with Gasteiger partial charge in [0.2, 0.25) is 0 Å². The maximum atomic E-state index is 5.49. The van der Waals surface area contributed by atoms with Crippen molar-refractivity contribution in [2.45, 2.75) is 33.1 Å². The second kappa shape index (κ2) is 11.7. The highest BCUT2D eigenvalue weighted by Crippen LogP contribution is 2.24. The first-order valence-corrected chi connectivity index (χ1v) is 9.09. The summed E-state index contributed by atoms with van der Waals surface area (Å²) in [5, 5.41) is 3.42. The van der Waals surface area contributed by atoms with Crippen LogP contribution in [0.25, 0.3) is 0 Å². The first-order valence-electron chi connectivity index (χ1n) is 9.09. The van der Waals surface area contributed by atoms with Crippen LogP contribution in [-0.2, 0) is 4.74 Å². The first-order chi connectivity index (χ1) is 11.6. The highest BCUT2D eigenvalue weighted by molar-refractivity contribution is 14.0. The molecule has 2 heterocycles. The quantitative estimate of drug-likeness (QED) is 0.385. The fourth-order valence-electron chi connectivity index (χ4n) is 3.15. The minimum Gasteiger partial charge on any atom is -0.381 e. The van der Waals surface area contributed by atoms with Gasteiger partial charge in [-0.3, -0.25) is 9.98 Å². The number of halogens is 1. The molecule has 1 aliphatic rings. The van der Waals surface area contributed by atoms with E-state index >= 15 is 0 Å². The molecule has 0 aromatic carbocycles. The summed E-state index contributed by atoms with van der Waals surface area (Å²) in [6.45, 7) is 11.0. The van der Waals surface area contributed by atoms with Crippen LogP contribution >= 0.6 is 24.0 Å². The van der Waals surface area contributed by atoms with Crippen molar-refractivity contribution in [1.29, 1.82) is 0 Å². The highest BCUT2D eigenvalue weighted by Gasteiger charge is 2.20. The van der Waals surface area contributed by atoms with Crippen LogP contribution < -0.4 is 5.32 Å². The second-order valence-corrected chi connectivity index (χ2v) is 6.94. The molecule has 0 saturated carbocycles. The van der Waals surface area contributed by atoms with Crippen molar-refractivity contribution < 1.29 is 4.74 Å². The molecule has 0 aliphatic carbocycles. The molecule has 1 aromatic heterocycles. The van der Waals surface area contributed by atoms with Gasteiger partial charge in [0.15, 0.2) is 5.96 Å². The number of aromatic nitrogens is 1. The third-order valence-electron chi connectivity index (χ3n) is 4.61. The Kier molecular flexibility index (Phi) is 10.3. The molecule has 1 N–H and O–H groups in total. The van der Waals surface area contributed by atoms with Gasteiger partial charge in [-0.25, -0.2) is 0 Å². The van der Waals surface area contributed by atoms with Gasteiger partial charge in [0.05, 0.1) is 6.61 Å². The monoisotopic (exact) mass is 460 g/mol. The Morgan fingerprint density at radius 1 is 1.48 bits per heavy atom. The lowest BCUT2D eigenvalue weighted by molar-refractivity contribution is 0.181. The Morgan fingerprint density at radius 2 is 2.28 bits per heavy atom. The normalized spacial score (nSPS) is 18.8. The average molecular weight is 460 g/mol. The SMILES string of the molecule is CCNC(=NCC(c1cccnc1)C(C)C)N(C)CC1CCOC1.I. The van der Waals surface area contributed by atoms with E-state index in [4.69, 9.17) is 9.73 Å². The molecular formula is C19H33IN4O. The molecule has 1 fully saturated rings. The summed E-state index contributed by atoms with van der Waals surface area (Å²) in [5.41, 5.74) is 1.26. The summed E-state index contributed by atoms with van der Waals surface area (Å²) in [4.78, 5) is 11.4. The van der Waals surface area contributed by atoms with E-state index in [0.717, 1.165) is 45.2 Å². The van der Waals surface area contributed by atoms with Crippen LogP contribution in [0.3, 0.4) is 0 Å². The van der Waals surface area contributed by atoms with E-state index in [1.54, 1.807) is 0 Å². The van der Waals surface area contributed by atoms with Crippen LogP contribution in [0.15, 0.2) is 29.5 Å². The van der Waals surface area contributed by atoms with Gasteiger partial charge in [-0.1, -0.05) is 19.9 Å². The number of hydrogen-bond donors (Lipinski definition) is 1. The maximum absolute atomic E-state index is 5.49. The Morgan fingerprint density at radius 3 is 2.84 bits per heavy atom. The molecule has 0 spiro atoms. The zero-order valence-electron chi connectivity index (χ0n) is 15.9. The van der Waals surface area contributed by atoms with Crippen molar-refractivity contribution >= 4 is 29.9 Å². The highest BCUT2D eigenvalue weighted by atomic mass is 127. The van der Waals surface area contributed by atoms with Gasteiger partial charge in [-0.05, 0) is 30.9 Å². The van der Waals surface area contributed by atoms with E-state index in [9.17, 15) is 0 Å². The largest absolute Gasteiger partial charge is 0.381 e. The van der Waals surface area contributed by atoms with Crippen molar-refractivity contribution in [1.82, 2.24) is 15.2 Å². The summed E-state index contributed by atoms with van der Waals surface area (Å²) in [6.07, 6.45) is 4.94. The van der Waals surface area contributed by atoms with E-state index in [1.807, 2.05) is 18.5 Å². The van der Waals surface area contributed by atoms with Gasteiger partial charge in [0.25, 0.3) is 0 Å². The van der Waals surface area contributed by atoms with Crippen molar-refractivity contribution in [3.63, 3.8) is 0 Å². The van der Waals surface area contributed by atoms with Crippen LogP contribution in [0.2, 0.25) is 0 Å². The minimum atomic E-state index is 0. The smallest absolute Gasteiger partial charge is 0.193 e. The fraction of sp³-hybridized carbons (Fsp3) is 0.684. The van der Waals surface area contributed by atoms with Crippen LogP contribution in [0.1, 0.15) is 38.7 Å². The van der Waals surface area contributed by atoms with Crippen LogP contribution in [-0.4, -0.2) is 55.7 Å². The van der Waals surface area contributed by atoms with E-state index in [-0.39, 0.29) is 24.0 Å². The number of nitrogens with zero attached hydrogens (tertiary/aromatic N) is 3. The van der Waals surface area contributed by atoms with Crippen LogP contribution in [0, 0.1) is 11.8 Å². The van der Waals surface area contributed by atoms with Crippen molar-refractivity contribution in [3.05, 3.63) is 30.1 Å². The average Bonchev–Trinajstić information content (AvgIpc) is 3.07. The number of guanidine groups is 1. The summed E-state index contributed by atoms with van der Waals surface area (Å²) < 4.78 is 5.49. The first kappa shape index (κ1) is 22.2. The summed E-state index contributed by atoms with van der Waals surface area (Å²) in [5.74, 6) is 2.50. The van der Waals surface area contributed by atoms with Gasteiger partial charge in [-0.2, -0.15) is 0 Å². The molecule has 5 nitrogen and oxygen atoms in total. The molecular weight excluding hydrogens is 427 g/mol. The molecule has 25 heavy (non-hydrogen) atoms. The predicted molar refractivity (Wildman–Crippen MR) is 115 cm³/mol. The van der Waals surface area contributed by atoms with E-state index in [0.29, 0.717) is 17.8 Å². The predicted octanol–water partition coefficient (Wildman–Crippen LogP) is 3.37. The minimum absolute atomic E-state index is 0. The lowest BCUT2D eigenvalue weighted by Crippen LogP contribution is -2.41. The Balaban J connectivity index is 0.00000312. The van der Waals surface area contributed by atoms with Crippen molar-refractivity contribution in [3.8, 4) is 0 Å². The zero-order chi connectivity index (χ0) is 17.4. The molecule has 6 heteroatoms. The van der Waals surface area contributed by atoms with Crippen LogP contribution in [0.5, 0.6) is 0 Å². The molecule has 2 atom stereocenters. The Labute approximate surface area is 169 Å². The molecule has 0 amide bonds. The number of rotatable bonds is 7. The number of nitrogens with one attached hydrogen (secondary N) is 1. The molecule has 142 valence electrons. The summed E-state index contributed by atoms with van der Waals surface area (Å²) >= 11 is 0. The number of pyridine rings is 1. The number of hydrogen-bond acceptors (Lipinski definition) is 3.